The Kier molecular flexibility index (Phi) is 5.02. The van der Waals surface area contributed by atoms with Crippen molar-refractivity contribution < 1.29 is 9.53 Å². The van der Waals surface area contributed by atoms with Crippen molar-refractivity contribution in [1.29, 1.82) is 0 Å². The summed E-state index contributed by atoms with van der Waals surface area (Å²) in [4.78, 5) is 12.9. The van der Waals surface area contributed by atoms with Crippen molar-refractivity contribution >= 4 is 5.91 Å². The summed E-state index contributed by atoms with van der Waals surface area (Å²) in [6.45, 7) is 8.20. The first kappa shape index (κ1) is 19.2. The third-order valence-corrected chi connectivity index (χ3v) is 6.78. The second-order valence-electron chi connectivity index (χ2n) is 8.15. The van der Waals surface area contributed by atoms with Crippen LogP contribution < -0.4 is 10.6 Å². The number of benzene rings is 1. The lowest BCUT2D eigenvalue weighted by molar-refractivity contribution is -0.124. The van der Waals surface area contributed by atoms with Crippen LogP contribution in [0.2, 0.25) is 0 Å². The second-order valence-corrected chi connectivity index (χ2v) is 8.15. The van der Waals surface area contributed by atoms with Gasteiger partial charge in [-0.05, 0) is 63.4 Å². The minimum absolute atomic E-state index is 0.0292. The normalized spacial score (nSPS) is 23.0. The maximum atomic E-state index is 12.9. The number of hydrogen-bond acceptors (Lipinski definition) is 4. The minimum Gasteiger partial charge on any atom is -0.378 e. The number of ether oxygens (including phenoxy) is 1. The third-order valence-electron chi connectivity index (χ3n) is 6.78. The molecule has 1 aliphatic heterocycles. The average Bonchev–Trinajstić information content (AvgIpc) is 3.09. The first-order chi connectivity index (χ1) is 13.5. The number of carbonyl (C=O) groups is 1. The molecular weight excluding hydrogens is 352 g/mol. The van der Waals surface area contributed by atoms with Gasteiger partial charge in [-0.15, -0.1) is 0 Å². The molecule has 1 aromatic carbocycles. The van der Waals surface area contributed by atoms with Crippen LogP contribution in [0.1, 0.15) is 47.0 Å². The Bertz CT molecular complexity index is 883. The second kappa shape index (κ2) is 7.33. The zero-order valence-electron chi connectivity index (χ0n) is 17.2. The van der Waals surface area contributed by atoms with E-state index in [0.29, 0.717) is 0 Å². The van der Waals surface area contributed by atoms with Crippen molar-refractivity contribution in [3.63, 3.8) is 0 Å². The summed E-state index contributed by atoms with van der Waals surface area (Å²) in [7, 11) is 1.77. The van der Waals surface area contributed by atoms with Crippen LogP contribution in [0.15, 0.2) is 24.3 Å². The number of methoxy groups -OCH3 is 1. The van der Waals surface area contributed by atoms with Gasteiger partial charge in [-0.25, -0.2) is 0 Å². The fourth-order valence-electron chi connectivity index (χ4n) is 5.09. The van der Waals surface area contributed by atoms with Crippen LogP contribution in [-0.2, 0) is 21.5 Å². The van der Waals surface area contributed by atoms with Gasteiger partial charge >= 0.3 is 0 Å². The number of amides is 1. The molecule has 2 heterocycles. The van der Waals surface area contributed by atoms with E-state index in [1.165, 1.54) is 11.1 Å². The van der Waals surface area contributed by atoms with E-state index < -0.39 is 0 Å². The highest BCUT2D eigenvalue weighted by Gasteiger charge is 2.53. The Hall–Kier alpha value is -2.18. The minimum atomic E-state index is -0.134. The molecule has 1 saturated heterocycles. The Labute approximate surface area is 166 Å². The van der Waals surface area contributed by atoms with Gasteiger partial charge in [0.1, 0.15) is 6.54 Å². The first-order valence-corrected chi connectivity index (χ1v) is 10.1. The molecule has 0 radical (unpaired) electrons. The van der Waals surface area contributed by atoms with E-state index in [1.54, 1.807) is 11.8 Å². The molecule has 0 unspecified atom stereocenters. The molecule has 28 heavy (non-hydrogen) atoms. The van der Waals surface area contributed by atoms with Crippen molar-refractivity contribution in [2.75, 3.05) is 20.2 Å². The molecule has 1 spiro atoms. The molecule has 1 fully saturated rings. The SMILES string of the molecule is CO[C@@H]1[C@@H](NC(=O)Cn2nc(C)c(C)c2C)c2ccccc2C12CCNCC2. The van der Waals surface area contributed by atoms with Crippen molar-refractivity contribution in [1.82, 2.24) is 20.4 Å². The zero-order chi connectivity index (χ0) is 19.9. The topological polar surface area (TPSA) is 68.2 Å². The summed E-state index contributed by atoms with van der Waals surface area (Å²) in [5.74, 6) is -0.0292. The lowest BCUT2D eigenvalue weighted by atomic mass is 9.72. The number of hydrogen-bond donors (Lipinski definition) is 2. The van der Waals surface area contributed by atoms with Crippen molar-refractivity contribution in [3.05, 3.63) is 52.3 Å². The van der Waals surface area contributed by atoms with Crippen LogP contribution in [0.4, 0.5) is 0 Å². The summed E-state index contributed by atoms with van der Waals surface area (Å²) >= 11 is 0. The fourth-order valence-corrected chi connectivity index (χ4v) is 5.09. The maximum Gasteiger partial charge on any atom is 0.242 e. The molecule has 1 aliphatic carbocycles. The molecule has 6 heteroatoms. The standard InChI is InChI=1S/C22H30N4O2/c1-14-15(2)25-26(16(14)3)13-19(27)24-20-17-7-5-6-8-18(17)22(21(20)28-4)9-11-23-12-10-22/h5-8,20-21,23H,9-13H2,1-4H3,(H,24,27)/t20-,21+/m0/s1. The summed E-state index contributed by atoms with van der Waals surface area (Å²) in [6.07, 6.45) is 1.98. The molecule has 6 nitrogen and oxygen atoms in total. The molecule has 150 valence electrons. The van der Waals surface area contributed by atoms with Gasteiger partial charge in [-0.2, -0.15) is 5.10 Å². The predicted molar refractivity (Wildman–Crippen MR) is 108 cm³/mol. The number of fused-ring (bicyclic) bond motifs is 2. The number of nitrogens with one attached hydrogen (secondary N) is 2. The molecular formula is C22H30N4O2. The number of rotatable bonds is 4. The summed E-state index contributed by atoms with van der Waals surface area (Å²) in [5, 5.41) is 11.2. The summed E-state index contributed by atoms with van der Waals surface area (Å²) < 4.78 is 7.83. The molecule has 2 N–H and O–H groups in total. The van der Waals surface area contributed by atoms with Gasteiger partial charge in [-0.3, -0.25) is 9.48 Å². The van der Waals surface area contributed by atoms with E-state index in [2.05, 4.69) is 40.0 Å². The number of piperidine rings is 1. The highest BCUT2D eigenvalue weighted by molar-refractivity contribution is 5.77. The molecule has 1 amide bonds. The Morgan fingerprint density at radius 2 is 2.00 bits per heavy atom. The highest BCUT2D eigenvalue weighted by Crippen LogP contribution is 2.51. The van der Waals surface area contributed by atoms with E-state index in [-0.39, 0.29) is 30.0 Å². The van der Waals surface area contributed by atoms with E-state index in [9.17, 15) is 4.79 Å². The Balaban J connectivity index is 1.61. The number of nitrogens with zero attached hydrogens (tertiary/aromatic N) is 2. The summed E-state index contributed by atoms with van der Waals surface area (Å²) in [6, 6.07) is 8.36. The first-order valence-electron chi connectivity index (χ1n) is 10.1. The number of carbonyl (C=O) groups excluding carboxylic acids is 1. The molecule has 0 bridgehead atoms. The Morgan fingerprint density at radius 3 is 2.64 bits per heavy atom. The van der Waals surface area contributed by atoms with Gasteiger partial charge in [0.05, 0.1) is 17.8 Å². The zero-order valence-corrected chi connectivity index (χ0v) is 17.2. The van der Waals surface area contributed by atoms with Crippen molar-refractivity contribution in [2.24, 2.45) is 0 Å². The molecule has 2 aliphatic rings. The van der Waals surface area contributed by atoms with Gasteiger partial charge in [-0.1, -0.05) is 24.3 Å². The highest BCUT2D eigenvalue weighted by atomic mass is 16.5. The van der Waals surface area contributed by atoms with Gasteiger partial charge in [0.25, 0.3) is 0 Å². The monoisotopic (exact) mass is 382 g/mol. The van der Waals surface area contributed by atoms with E-state index >= 15 is 0 Å². The van der Waals surface area contributed by atoms with E-state index in [0.717, 1.165) is 42.9 Å². The van der Waals surface area contributed by atoms with Gasteiger partial charge in [0.15, 0.2) is 0 Å². The fraction of sp³-hybridized carbons (Fsp3) is 0.545. The number of aromatic nitrogens is 2. The van der Waals surface area contributed by atoms with Crippen molar-refractivity contribution in [3.8, 4) is 0 Å². The number of aryl methyl sites for hydroxylation is 1. The van der Waals surface area contributed by atoms with E-state index in [1.807, 2.05) is 20.8 Å². The van der Waals surface area contributed by atoms with Crippen molar-refractivity contribution in [2.45, 2.75) is 57.7 Å². The largest absolute Gasteiger partial charge is 0.378 e. The van der Waals surface area contributed by atoms with Gasteiger partial charge in [0.2, 0.25) is 5.91 Å². The average molecular weight is 383 g/mol. The van der Waals surface area contributed by atoms with Crippen LogP contribution in [0, 0.1) is 20.8 Å². The van der Waals surface area contributed by atoms with Crippen LogP contribution in [0.3, 0.4) is 0 Å². The van der Waals surface area contributed by atoms with Crippen LogP contribution in [0.25, 0.3) is 0 Å². The quantitative estimate of drug-likeness (QED) is 0.852. The maximum absolute atomic E-state index is 12.9. The van der Waals surface area contributed by atoms with E-state index in [4.69, 9.17) is 4.74 Å². The Morgan fingerprint density at radius 1 is 1.29 bits per heavy atom. The third kappa shape index (κ3) is 2.95. The lowest BCUT2D eigenvalue weighted by Gasteiger charge is -2.40. The molecule has 1 aromatic heterocycles. The van der Waals surface area contributed by atoms with Crippen LogP contribution >= 0.6 is 0 Å². The smallest absolute Gasteiger partial charge is 0.242 e. The predicted octanol–water partition coefficient (Wildman–Crippen LogP) is 2.32. The van der Waals surface area contributed by atoms with Crippen LogP contribution in [-0.4, -0.2) is 42.0 Å². The van der Waals surface area contributed by atoms with Crippen LogP contribution in [0.5, 0.6) is 0 Å². The van der Waals surface area contributed by atoms with Gasteiger partial charge < -0.3 is 15.4 Å². The summed E-state index contributed by atoms with van der Waals surface area (Å²) in [5.41, 5.74) is 5.63. The molecule has 0 saturated carbocycles. The molecule has 2 aromatic rings. The van der Waals surface area contributed by atoms with Gasteiger partial charge in [0, 0.05) is 18.2 Å². The molecule has 4 rings (SSSR count). The molecule has 2 atom stereocenters. The lowest BCUT2D eigenvalue weighted by Crippen LogP contribution is -2.49.